The molecule has 1 unspecified atom stereocenters. The largest absolute Gasteiger partial charge is 0.490 e. The number of amides is 1. The van der Waals surface area contributed by atoms with Crippen LogP contribution < -0.4 is 10.1 Å². The molecule has 98 valence electrons. The van der Waals surface area contributed by atoms with Crippen molar-refractivity contribution in [2.45, 2.75) is 19.4 Å². The summed E-state index contributed by atoms with van der Waals surface area (Å²) in [6.07, 6.45) is 1.08. The second-order valence-electron chi connectivity index (χ2n) is 4.51. The van der Waals surface area contributed by atoms with E-state index < -0.39 is 0 Å². The van der Waals surface area contributed by atoms with E-state index in [9.17, 15) is 4.79 Å². The van der Waals surface area contributed by atoms with Crippen LogP contribution in [0.25, 0.3) is 0 Å². The van der Waals surface area contributed by atoms with Crippen LogP contribution in [0.5, 0.6) is 5.75 Å². The molecular formula is C14H12ClNO2S. The number of anilines is 1. The average Bonchev–Trinajstić information content (AvgIpc) is 2.93. The van der Waals surface area contributed by atoms with Crippen LogP contribution in [-0.4, -0.2) is 12.0 Å². The van der Waals surface area contributed by atoms with Crippen LogP contribution in [0.2, 0.25) is 5.02 Å². The highest BCUT2D eigenvalue weighted by Gasteiger charge is 2.19. The predicted molar refractivity (Wildman–Crippen MR) is 77.5 cm³/mol. The number of halogens is 1. The highest BCUT2D eigenvalue weighted by molar-refractivity contribution is 7.12. The number of fused-ring (bicyclic) bond motifs is 1. The summed E-state index contributed by atoms with van der Waals surface area (Å²) < 4.78 is 5.63. The first-order chi connectivity index (χ1) is 9.13. The summed E-state index contributed by atoms with van der Waals surface area (Å²) in [5.41, 5.74) is 1.90. The van der Waals surface area contributed by atoms with E-state index in [4.69, 9.17) is 16.3 Å². The first kappa shape index (κ1) is 12.5. The topological polar surface area (TPSA) is 38.3 Å². The third kappa shape index (κ3) is 2.46. The van der Waals surface area contributed by atoms with Crippen LogP contribution >= 0.6 is 22.9 Å². The van der Waals surface area contributed by atoms with Crippen molar-refractivity contribution in [3.8, 4) is 5.75 Å². The number of thiophene rings is 1. The number of carbonyl (C=O) groups excluding carboxylic acids is 1. The molecule has 0 radical (unpaired) electrons. The Morgan fingerprint density at radius 2 is 2.32 bits per heavy atom. The minimum absolute atomic E-state index is 0.174. The summed E-state index contributed by atoms with van der Waals surface area (Å²) in [6, 6.07) is 7.42. The Morgan fingerprint density at radius 3 is 3.05 bits per heavy atom. The maximum atomic E-state index is 12.0. The van der Waals surface area contributed by atoms with E-state index in [2.05, 4.69) is 5.32 Å². The summed E-state index contributed by atoms with van der Waals surface area (Å²) in [4.78, 5) is 12.6. The van der Waals surface area contributed by atoms with Crippen LogP contribution in [0.1, 0.15) is 22.2 Å². The Kier molecular flexibility index (Phi) is 3.21. The normalized spacial score (nSPS) is 16.8. The Balaban J connectivity index is 1.80. The highest BCUT2D eigenvalue weighted by atomic mass is 35.5. The zero-order chi connectivity index (χ0) is 13.4. The summed E-state index contributed by atoms with van der Waals surface area (Å²) >= 11 is 7.28. The van der Waals surface area contributed by atoms with Crippen molar-refractivity contribution >= 4 is 34.5 Å². The Bertz CT molecular complexity index is 638. The van der Waals surface area contributed by atoms with Gasteiger partial charge in [-0.05, 0) is 42.1 Å². The number of rotatable bonds is 2. The SMILES string of the molecule is CC1Cc2cc(NC(=O)c3sccc3Cl)ccc2O1. The molecule has 1 aromatic carbocycles. The number of hydrogen-bond acceptors (Lipinski definition) is 3. The molecule has 2 aromatic rings. The molecular weight excluding hydrogens is 282 g/mol. The van der Waals surface area contributed by atoms with Gasteiger partial charge in [0.25, 0.3) is 5.91 Å². The van der Waals surface area contributed by atoms with Crippen molar-refractivity contribution in [1.82, 2.24) is 0 Å². The fraction of sp³-hybridized carbons (Fsp3) is 0.214. The van der Waals surface area contributed by atoms with Gasteiger partial charge < -0.3 is 10.1 Å². The number of ether oxygens (including phenoxy) is 1. The molecule has 5 heteroatoms. The summed E-state index contributed by atoms with van der Waals surface area (Å²) in [5.74, 6) is 0.728. The van der Waals surface area contributed by atoms with Gasteiger partial charge in [-0.2, -0.15) is 0 Å². The monoisotopic (exact) mass is 293 g/mol. The molecule has 0 aliphatic carbocycles. The molecule has 1 amide bonds. The number of carbonyl (C=O) groups is 1. The lowest BCUT2D eigenvalue weighted by atomic mass is 10.1. The van der Waals surface area contributed by atoms with E-state index in [1.54, 1.807) is 11.4 Å². The average molecular weight is 294 g/mol. The molecule has 0 saturated heterocycles. The van der Waals surface area contributed by atoms with Crippen molar-refractivity contribution in [1.29, 1.82) is 0 Å². The van der Waals surface area contributed by atoms with Crippen LogP contribution in [0, 0.1) is 0 Å². The zero-order valence-corrected chi connectivity index (χ0v) is 11.8. The van der Waals surface area contributed by atoms with Gasteiger partial charge in [0.15, 0.2) is 0 Å². The van der Waals surface area contributed by atoms with Gasteiger partial charge in [-0.15, -0.1) is 11.3 Å². The second-order valence-corrected chi connectivity index (χ2v) is 5.83. The molecule has 1 N–H and O–H groups in total. The van der Waals surface area contributed by atoms with Gasteiger partial charge in [0.1, 0.15) is 16.7 Å². The first-order valence-corrected chi connectivity index (χ1v) is 7.23. The molecule has 0 saturated carbocycles. The third-order valence-corrected chi connectivity index (χ3v) is 4.32. The minimum Gasteiger partial charge on any atom is -0.490 e. The molecule has 3 rings (SSSR count). The molecule has 19 heavy (non-hydrogen) atoms. The number of nitrogens with one attached hydrogen (secondary N) is 1. The summed E-state index contributed by atoms with van der Waals surface area (Å²) in [5, 5.41) is 5.15. The summed E-state index contributed by atoms with van der Waals surface area (Å²) in [7, 11) is 0. The molecule has 2 heterocycles. The van der Waals surface area contributed by atoms with E-state index in [-0.39, 0.29) is 12.0 Å². The number of benzene rings is 1. The van der Waals surface area contributed by atoms with E-state index in [0.717, 1.165) is 23.4 Å². The second kappa shape index (κ2) is 4.87. The molecule has 1 aromatic heterocycles. The van der Waals surface area contributed by atoms with Gasteiger partial charge in [-0.25, -0.2) is 0 Å². The van der Waals surface area contributed by atoms with Gasteiger partial charge in [-0.1, -0.05) is 11.6 Å². The lowest BCUT2D eigenvalue weighted by molar-refractivity contribution is 0.103. The van der Waals surface area contributed by atoms with Crippen LogP contribution in [0.15, 0.2) is 29.6 Å². The van der Waals surface area contributed by atoms with Crippen LogP contribution in [-0.2, 0) is 6.42 Å². The van der Waals surface area contributed by atoms with E-state index in [1.807, 2.05) is 25.1 Å². The van der Waals surface area contributed by atoms with Gasteiger partial charge >= 0.3 is 0 Å². The quantitative estimate of drug-likeness (QED) is 0.909. The van der Waals surface area contributed by atoms with Crippen molar-refractivity contribution in [3.63, 3.8) is 0 Å². The maximum absolute atomic E-state index is 12.0. The minimum atomic E-state index is -0.174. The van der Waals surface area contributed by atoms with Gasteiger partial charge in [-0.3, -0.25) is 4.79 Å². The Hall–Kier alpha value is -1.52. The standard InChI is InChI=1S/C14H12ClNO2S/c1-8-6-9-7-10(2-3-12(9)18-8)16-14(17)13-11(15)4-5-19-13/h2-5,7-8H,6H2,1H3,(H,16,17). The maximum Gasteiger partial charge on any atom is 0.267 e. The molecule has 0 bridgehead atoms. The first-order valence-electron chi connectivity index (χ1n) is 5.97. The van der Waals surface area contributed by atoms with E-state index in [1.165, 1.54) is 11.3 Å². The van der Waals surface area contributed by atoms with E-state index in [0.29, 0.717) is 9.90 Å². The predicted octanol–water partition coefficient (Wildman–Crippen LogP) is 3.98. The summed E-state index contributed by atoms with van der Waals surface area (Å²) in [6.45, 7) is 2.03. The van der Waals surface area contributed by atoms with Crippen molar-refractivity contribution in [2.75, 3.05) is 5.32 Å². The van der Waals surface area contributed by atoms with Crippen molar-refractivity contribution in [3.05, 3.63) is 45.1 Å². The molecule has 1 atom stereocenters. The highest BCUT2D eigenvalue weighted by Crippen LogP contribution is 2.31. The lowest BCUT2D eigenvalue weighted by Gasteiger charge is -2.06. The van der Waals surface area contributed by atoms with Crippen LogP contribution in [0.4, 0.5) is 5.69 Å². The Morgan fingerprint density at radius 1 is 1.47 bits per heavy atom. The molecule has 3 nitrogen and oxygen atoms in total. The third-order valence-electron chi connectivity index (χ3n) is 2.98. The van der Waals surface area contributed by atoms with Gasteiger partial charge in [0.2, 0.25) is 0 Å². The van der Waals surface area contributed by atoms with Crippen molar-refractivity contribution < 1.29 is 9.53 Å². The van der Waals surface area contributed by atoms with Gasteiger partial charge in [0, 0.05) is 12.1 Å². The molecule has 0 fully saturated rings. The fourth-order valence-electron chi connectivity index (χ4n) is 2.14. The molecule has 1 aliphatic rings. The van der Waals surface area contributed by atoms with Crippen molar-refractivity contribution in [2.24, 2.45) is 0 Å². The Labute approximate surface area is 120 Å². The van der Waals surface area contributed by atoms with Gasteiger partial charge in [0.05, 0.1) is 5.02 Å². The fourth-order valence-corrected chi connectivity index (χ4v) is 3.18. The molecule has 1 aliphatic heterocycles. The lowest BCUT2D eigenvalue weighted by Crippen LogP contribution is -2.10. The smallest absolute Gasteiger partial charge is 0.267 e. The van der Waals surface area contributed by atoms with E-state index >= 15 is 0 Å². The zero-order valence-electron chi connectivity index (χ0n) is 10.3. The number of hydrogen-bond donors (Lipinski definition) is 1. The van der Waals surface area contributed by atoms with Crippen LogP contribution in [0.3, 0.4) is 0 Å². The molecule has 0 spiro atoms.